The number of aromatic nitrogens is 2. The molecule has 6 heteroatoms. The summed E-state index contributed by atoms with van der Waals surface area (Å²) in [6.07, 6.45) is 3.13. The van der Waals surface area contributed by atoms with Crippen LogP contribution in [0, 0.1) is 0 Å². The minimum Gasteiger partial charge on any atom is -0.397 e. The molecular weight excluding hydrogens is 200 g/mol. The zero-order valence-electron chi connectivity index (χ0n) is 7.15. The number of carbonyl (C=O) groups excluding carboxylic acids is 1. The zero-order valence-corrected chi connectivity index (χ0v) is 7.97. The van der Waals surface area contributed by atoms with Crippen molar-refractivity contribution in [1.82, 2.24) is 10.2 Å². The Hall–Kier alpha value is -1.82. The lowest BCUT2D eigenvalue weighted by atomic mass is 10.4. The van der Waals surface area contributed by atoms with Gasteiger partial charge in [-0.25, -0.2) is 0 Å². The Balaban J connectivity index is 2.14. The molecule has 5 nitrogen and oxygen atoms in total. The number of hydrogen-bond donors (Lipinski definition) is 3. The molecule has 0 aliphatic rings. The molecule has 0 saturated heterocycles. The second kappa shape index (κ2) is 3.51. The number of rotatable bonds is 2. The molecule has 1 amide bonds. The van der Waals surface area contributed by atoms with Crippen molar-refractivity contribution < 1.29 is 4.79 Å². The first-order chi connectivity index (χ1) is 6.77. The van der Waals surface area contributed by atoms with Gasteiger partial charge >= 0.3 is 0 Å². The van der Waals surface area contributed by atoms with Gasteiger partial charge in [-0.2, -0.15) is 5.10 Å². The van der Waals surface area contributed by atoms with E-state index in [0.29, 0.717) is 16.3 Å². The third kappa shape index (κ3) is 1.60. The summed E-state index contributed by atoms with van der Waals surface area (Å²) in [4.78, 5) is 12.1. The second-order valence-corrected chi connectivity index (χ2v) is 3.56. The summed E-state index contributed by atoms with van der Waals surface area (Å²) in [5, 5.41) is 10.8. The van der Waals surface area contributed by atoms with E-state index >= 15 is 0 Å². The highest BCUT2D eigenvalue weighted by molar-refractivity contribution is 7.12. The maximum absolute atomic E-state index is 11.6. The SMILES string of the molecule is Nc1ccsc1C(=O)Nc1cn[nH]c1. The highest BCUT2D eigenvalue weighted by Crippen LogP contribution is 2.19. The smallest absolute Gasteiger partial charge is 0.267 e. The Labute approximate surface area is 83.9 Å². The van der Waals surface area contributed by atoms with Crippen LogP contribution in [0.2, 0.25) is 0 Å². The molecule has 14 heavy (non-hydrogen) atoms. The quantitative estimate of drug-likeness (QED) is 0.695. The maximum atomic E-state index is 11.6. The van der Waals surface area contributed by atoms with Crippen LogP contribution < -0.4 is 11.1 Å². The molecule has 0 aliphatic carbocycles. The molecule has 2 heterocycles. The fourth-order valence-electron chi connectivity index (χ4n) is 1.01. The van der Waals surface area contributed by atoms with Gasteiger partial charge in [0, 0.05) is 6.20 Å². The van der Waals surface area contributed by atoms with Crippen LogP contribution in [0.3, 0.4) is 0 Å². The van der Waals surface area contributed by atoms with Crippen molar-refractivity contribution in [2.75, 3.05) is 11.1 Å². The molecular formula is C8H8N4OS. The van der Waals surface area contributed by atoms with E-state index in [0.717, 1.165) is 0 Å². The largest absolute Gasteiger partial charge is 0.397 e. The highest BCUT2D eigenvalue weighted by atomic mass is 32.1. The second-order valence-electron chi connectivity index (χ2n) is 2.65. The van der Waals surface area contributed by atoms with Crippen LogP contribution >= 0.6 is 11.3 Å². The van der Waals surface area contributed by atoms with Gasteiger partial charge in [0.1, 0.15) is 4.88 Å². The summed E-state index contributed by atoms with van der Waals surface area (Å²) >= 11 is 1.31. The van der Waals surface area contributed by atoms with Gasteiger partial charge in [0.15, 0.2) is 0 Å². The molecule has 0 saturated carbocycles. The summed E-state index contributed by atoms with van der Waals surface area (Å²) in [5.74, 6) is -0.209. The van der Waals surface area contributed by atoms with Crippen molar-refractivity contribution in [1.29, 1.82) is 0 Å². The van der Waals surface area contributed by atoms with Crippen molar-refractivity contribution in [2.45, 2.75) is 0 Å². The molecule has 0 aromatic carbocycles. The van der Waals surface area contributed by atoms with E-state index in [1.165, 1.54) is 17.5 Å². The summed E-state index contributed by atoms with van der Waals surface area (Å²) < 4.78 is 0. The van der Waals surface area contributed by atoms with E-state index in [9.17, 15) is 4.79 Å². The number of anilines is 2. The minimum absolute atomic E-state index is 0.209. The third-order valence-electron chi connectivity index (χ3n) is 1.66. The van der Waals surface area contributed by atoms with Gasteiger partial charge in [0.05, 0.1) is 17.6 Å². The lowest BCUT2D eigenvalue weighted by molar-refractivity contribution is 0.103. The van der Waals surface area contributed by atoms with Crippen LogP contribution in [-0.2, 0) is 0 Å². The van der Waals surface area contributed by atoms with Gasteiger partial charge in [-0.3, -0.25) is 9.89 Å². The first-order valence-electron chi connectivity index (χ1n) is 3.90. The Morgan fingerprint density at radius 3 is 3.07 bits per heavy atom. The topological polar surface area (TPSA) is 83.8 Å². The molecule has 0 spiro atoms. The summed E-state index contributed by atoms with van der Waals surface area (Å²) in [5.41, 5.74) is 6.72. The highest BCUT2D eigenvalue weighted by Gasteiger charge is 2.11. The van der Waals surface area contributed by atoms with Crippen LogP contribution in [0.1, 0.15) is 9.67 Å². The van der Waals surface area contributed by atoms with Crippen molar-refractivity contribution >= 4 is 28.6 Å². The average molecular weight is 208 g/mol. The van der Waals surface area contributed by atoms with E-state index in [-0.39, 0.29) is 5.91 Å². The van der Waals surface area contributed by atoms with Gasteiger partial charge in [-0.05, 0) is 11.4 Å². The van der Waals surface area contributed by atoms with E-state index in [4.69, 9.17) is 5.73 Å². The number of thiophene rings is 1. The molecule has 0 fully saturated rings. The lowest BCUT2D eigenvalue weighted by Gasteiger charge is -1.99. The van der Waals surface area contributed by atoms with E-state index in [2.05, 4.69) is 15.5 Å². The van der Waals surface area contributed by atoms with E-state index in [1.807, 2.05) is 0 Å². The number of nitrogen functional groups attached to an aromatic ring is 1. The van der Waals surface area contributed by atoms with Crippen LogP contribution in [0.25, 0.3) is 0 Å². The van der Waals surface area contributed by atoms with Gasteiger partial charge in [-0.1, -0.05) is 0 Å². The Bertz CT molecular complexity index is 434. The molecule has 2 aromatic heterocycles. The zero-order chi connectivity index (χ0) is 9.97. The molecule has 4 N–H and O–H groups in total. The number of amides is 1. The normalized spacial score (nSPS) is 10.0. The minimum atomic E-state index is -0.209. The fraction of sp³-hybridized carbons (Fsp3) is 0. The monoisotopic (exact) mass is 208 g/mol. The first kappa shape index (κ1) is 8.76. The Morgan fingerprint density at radius 2 is 2.50 bits per heavy atom. The third-order valence-corrected chi connectivity index (χ3v) is 2.59. The van der Waals surface area contributed by atoms with E-state index < -0.39 is 0 Å². The number of carbonyl (C=O) groups is 1. The number of hydrogen-bond acceptors (Lipinski definition) is 4. The molecule has 0 radical (unpaired) electrons. The number of H-pyrrole nitrogens is 1. The van der Waals surface area contributed by atoms with Crippen LogP contribution in [0.4, 0.5) is 11.4 Å². The average Bonchev–Trinajstić information content (AvgIpc) is 2.75. The number of nitrogens with one attached hydrogen (secondary N) is 2. The predicted octanol–water partition coefficient (Wildman–Crippen LogP) is 1.31. The van der Waals surface area contributed by atoms with Gasteiger partial charge in [0.25, 0.3) is 5.91 Å². The Morgan fingerprint density at radius 1 is 1.64 bits per heavy atom. The van der Waals surface area contributed by atoms with Crippen LogP contribution in [0.15, 0.2) is 23.8 Å². The van der Waals surface area contributed by atoms with Crippen molar-refractivity contribution in [3.05, 3.63) is 28.7 Å². The van der Waals surface area contributed by atoms with Crippen molar-refractivity contribution in [2.24, 2.45) is 0 Å². The van der Waals surface area contributed by atoms with Crippen molar-refractivity contribution in [3.63, 3.8) is 0 Å². The molecule has 0 atom stereocenters. The maximum Gasteiger partial charge on any atom is 0.267 e. The molecule has 0 unspecified atom stereocenters. The van der Waals surface area contributed by atoms with Crippen LogP contribution in [-0.4, -0.2) is 16.1 Å². The summed E-state index contributed by atoms with van der Waals surface area (Å²) in [6.45, 7) is 0. The van der Waals surface area contributed by atoms with Gasteiger partial charge in [0.2, 0.25) is 0 Å². The molecule has 0 aliphatic heterocycles. The molecule has 2 rings (SSSR count). The fourth-order valence-corrected chi connectivity index (χ4v) is 1.72. The van der Waals surface area contributed by atoms with Crippen molar-refractivity contribution in [3.8, 4) is 0 Å². The van der Waals surface area contributed by atoms with Crippen LogP contribution in [0.5, 0.6) is 0 Å². The summed E-state index contributed by atoms with van der Waals surface area (Å²) in [7, 11) is 0. The number of aromatic amines is 1. The lowest BCUT2D eigenvalue weighted by Crippen LogP contribution is -2.11. The number of nitrogens with two attached hydrogens (primary N) is 1. The summed E-state index contributed by atoms with van der Waals surface area (Å²) in [6, 6.07) is 1.70. The van der Waals surface area contributed by atoms with Gasteiger partial charge in [-0.15, -0.1) is 11.3 Å². The molecule has 72 valence electrons. The Kier molecular flexibility index (Phi) is 2.19. The number of nitrogens with zero attached hydrogens (tertiary/aromatic N) is 1. The standard InChI is InChI=1S/C8H8N4OS/c9-6-1-2-14-7(6)8(13)12-5-3-10-11-4-5/h1-4H,9H2,(H,10,11)(H,12,13). The van der Waals surface area contributed by atoms with Gasteiger partial charge < -0.3 is 11.1 Å². The molecule has 2 aromatic rings. The predicted molar refractivity (Wildman–Crippen MR) is 55.3 cm³/mol. The molecule has 0 bridgehead atoms. The first-order valence-corrected chi connectivity index (χ1v) is 4.78. The van der Waals surface area contributed by atoms with E-state index in [1.54, 1.807) is 17.6 Å².